The quantitative estimate of drug-likeness (QED) is 0.723. The second-order valence-corrected chi connectivity index (χ2v) is 6.15. The largest absolute Gasteiger partial charge is 0.446 e. The zero-order chi connectivity index (χ0) is 16.2. The number of rotatable bonds is 5. The Labute approximate surface area is 131 Å². The zero-order valence-corrected chi connectivity index (χ0v) is 12.8. The first-order valence-corrected chi connectivity index (χ1v) is 7.56. The predicted octanol–water partition coefficient (Wildman–Crippen LogP) is 4.96. The van der Waals surface area contributed by atoms with E-state index in [4.69, 9.17) is 0 Å². The highest BCUT2D eigenvalue weighted by molar-refractivity contribution is 8.00. The first kappa shape index (κ1) is 16.6. The molecule has 0 aliphatic rings. The van der Waals surface area contributed by atoms with Crippen LogP contribution in [-0.2, 0) is 17.6 Å². The minimum absolute atomic E-state index is 0.0468. The number of alkyl halides is 3. The molecule has 2 aromatic rings. The molecule has 0 saturated carbocycles. The van der Waals surface area contributed by atoms with Gasteiger partial charge in [-0.2, -0.15) is 13.2 Å². The lowest BCUT2D eigenvalue weighted by molar-refractivity contribution is -0.117. The van der Waals surface area contributed by atoms with E-state index in [9.17, 15) is 18.0 Å². The summed E-state index contributed by atoms with van der Waals surface area (Å²) in [5.74, 6) is 0.0468. The van der Waals surface area contributed by atoms with Crippen LogP contribution in [0.5, 0.6) is 0 Å². The SMILES string of the molecule is Cc1ccccc1CC(=O)Cc1ccc(SC(F)(F)F)cc1. The molecule has 0 aliphatic heterocycles. The van der Waals surface area contributed by atoms with Gasteiger partial charge in [0.05, 0.1) is 0 Å². The molecule has 2 aromatic carbocycles. The van der Waals surface area contributed by atoms with Gasteiger partial charge in [0, 0.05) is 17.7 Å². The van der Waals surface area contributed by atoms with E-state index >= 15 is 0 Å². The second kappa shape index (κ2) is 7.01. The van der Waals surface area contributed by atoms with Gasteiger partial charge in [-0.15, -0.1) is 0 Å². The highest BCUT2D eigenvalue weighted by Crippen LogP contribution is 2.36. The summed E-state index contributed by atoms with van der Waals surface area (Å²) in [5.41, 5.74) is -1.52. The van der Waals surface area contributed by atoms with Crippen LogP contribution < -0.4 is 0 Å². The van der Waals surface area contributed by atoms with Crippen molar-refractivity contribution in [2.24, 2.45) is 0 Å². The molecule has 0 saturated heterocycles. The average Bonchev–Trinajstić information content (AvgIpc) is 2.42. The van der Waals surface area contributed by atoms with E-state index in [0.717, 1.165) is 16.7 Å². The van der Waals surface area contributed by atoms with Crippen LogP contribution in [0.25, 0.3) is 0 Å². The number of ketones is 1. The van der Waals surface area contributed by atoms with Crippen molar-refractivity contribution < 1.29 is 18.0 Å². The number of hydrogen-bond acceptors (Lipinski definition) is 2. The smallest absolute Gasteiger partial charge is 0.299 e. The lowest BCUT2D eigenvalue weighted by Crippen LogP contribution is -2.07. The molecule has 5 heteroatoms. The molecule has 0 N–H and O–H groups in total. The van der Waals surface area contributed by atoms with Crippen molar-refractivity contribution in [3.8, 4) is 0 Å². The van der Waals surface area contributed by atoms with E-state index in [1.165, 1.54) is 12.1 Å². The van der Waals surface area contributed by atoms with Crippen molar-refractivity contribution in [3.05, 3.63) is 65.2 Å². The molecule has 1 nitrogen and oxygen atoms in total. The van der Waals surface area contributed by atoms with Crippen LogP contribution in [0.15, 0.2) is 53.4 Å². The number of hydrogen-bond donors (Lipinski definition) is 0. The van der Waals surface area contributed by atoms with Gasteiger partial charge in [-0.3, -0.25) is 4.79 Å². The number of Topliss-reactive ketones (excluding diaryl/α,β-unsaturated/α-hetero) is 1. The Balaban J connectivity index is 1.96. The Bertz CT molecular complexity index is 648. The summed E-state index contributed by atoms with van der Waals surface area (Å²) < 4.78 is 36.7. The van der Waals surface area contributed by atoms with Gasteiger partial charge in [0.15, 0.2) is 0 Å². The molecule has 0 bridgehead atoms. The van der Waals surface area contributed by atoms with Crippen molar-refractivity contribution in [1.82, 2.24) is 0 Å². The first-order chi connectivity index (χ1) is 10.3. The fraction of sp³-hybridized carbons (Fsp3) is 0.235. The predicted molar refractivity (Wildman–Crippen MR) is 81.9 cm³/mol. The third kappa shape index (κ3) is 5.22. The van der Waals surface area contributed by atoms with E-state index in [-0.39, 0.29) is 28.9 Å². The molecule has 0 aromatic heterocycles. The molecule has 0 aliphatic carbocycles. The molecule has 22 heavy (non-hydrogen) atoms. The van der Waals surface area contributed by atoms with Crippen molar-refractivity contribution in [1.29, 1.82) is 0 Å². The first-order valence-electron chi connectivity index (χ1n) is 6.74. The molecular formula is C17H15F3OS. The van der Waals surface area contributed by atoms with Crippen LogP contribution in [-0.4, -0.2) is 11.3 Å². The molecule has 0 atom stereocenters. The highest BCUT2D eigenvalue weighted by atomic mass is 32.2. The number of carbonyl (C=O) groups excluding carboxylic acids is 1. The summed E-state index contributed by atoms with van der Waals surface area (Å²) in [4.78, 5) is 12.2. The van der Waals surface area contributed by atoms with Crippen molar-refractivity contribution in [3.63, 3.8) is 0 Å². The van der Waals surface area contributed by atoms with Gasteiger partial charge in [-0.25, -0.2) is 0 Å². The summed E-state index contributed by atoms with van der Waals surface area (Å²) in [6.07, 6.45) is 0.566. The van der Waals surface area contributed by atoms with Gasteiger partial charge in [-0.1, -0.05) is 36.4 Å². The summed E-state index contributed by atoms with van der Waals surface area (Å²) in [5, 5.41) is 0. The zero-order valence-electron chi connectivity index (χ0n) is 12.0. The number of carbonyl (C=O) groups is 1. The molecule has 116 valence electrons. The van der Waals surface area contributed by atoms with Crippen molar-refractivity contribution in [2.45, 2.75) is 30.2 Å². The highest BCUT2D eigenvalue weighted by Gasteiger charge is 2.29. The number of halogens is 3. The van der Waals surface area contributed by atoms with Crippen LogP contribution in [0.4, 0.5) is 13.2 Å². The average molecular weight is 324 g/mol. The van der Waals surface area contributed by atoms with Gasteiger partial charge < -0.3 is 0 Å². The fourth-order valence-corrected chi connectivity index (χ4v) is 2.66. The maximum absolute atomic E-state index is 12.2. The Kier molecular flexibility index (Phi) is 5.29. The summed E-state index contributed by atoms with van der Waals surface area (Å²) in [6, 6.07) is 13.6. The van der Waals surface area contributed by atoms with Crippen molar-refractivity contribution in [2.75, 3.05) is 0 Å². The number of thioether (sulfide) groups is 1. The lowest BCUT2D eigenvalue weighted by atomic mass is 10.00. The molecule has 0 radical (unpaired) electrons. The van der Waals surface area contributed by atoms with Crippen LogP contribution in [0.2, 0.25) is 0 Å². The van der Waals surface area contributed by atoms with Gasteiger partial charge in [0.2, 0.25) is 0 Å². The molecule has 0 spiro atoms. The fourth-order valence-electron chi connectivity index (χ4n) is 2.12. The third-order valence-electron chi connectivity index (χ3n) is 3.21. The van der Waals surface area contributed by atoms with Gasteiger partial charge in [0.1, 0.15) is 5.78 Å². The molecule has 0 heterocycles. The van der Waals surface area contributed by atoms with Gasteiger partial charge in [-0.05, 0) is 47.5 Å². The van der Waals surface area contributed by atoms with Gasteiger partial charge >= 0.3 is 5.51 Å². The third-order valence-corrected chi connectivity index (χ3v) is 3.95. The second-order valence-electron chi connectivity index (χ2n) is 5.01. The van der Waals surface area contributed by atoms with Crippen molar-refractivity contribution >= 4 is 17.5 Å². The molecular weight excluding hydrogens is 309 g/mol. The van der Waals surface area contributed by atoms with Crippen LogP contribution >= 0.6 is 11.8 Å². The number of benzene rings is 2. The Morgan fingerprint density at radius 1 is 1.00 bits per heavy atom. The van der Waals surface area contributed by atoms with E-state index in [1.807, 2.05) is 31.2 Å². The normalized spacial score (nSPS) is 11.5. The number of aryl methyl sites for hydroxylation is 1. The molecule has 0 unspecified atom stereocenters. The Morgan fingerprint density at radius 2 is 1.64 bits per heavy atom. The van der Waals surface area contributed by atoms with E-state index < -0.39 is 5.51 Å². The monoisotopic (exact) mass is 324 g/mol. The van der Waals surface area contributed by atoms with E-state index in [2.05, 4.69) is 0 Å². The van der Waals surface area contributed by atoms with Crippen LogP contribution in [0.1, 0.15) is 16.7 Å². The topological polar surface area (TPSA) is 17.1 Å². The van der Waals surface area contributed by atoms with Crippen LogP contribution in [0.3, 0.4) is 0 Å². The van der Waals surface area contributed by atoms with E-state index in [0.29, 0.717) is 6.42 Å². The Hall–Kier alpha value is -1.75. The molecule has 0 amide bonds. The lowest BCUT2D eigenvalue weighted by Gasteiger charge is -2.07. The Morgan fingerprint density at radius 3 is 2.23 bits per heavy atom. The standard InChI is InChI=1S/C17H15F3OS/c1-12-4-2-3-5-14(12)11-15(21)10-13-6-8-16(9-7-13)22-17(18,19)20/h2-9H,10-11H2,1H3. The maximum atomic E-state index is 12.2. The summed E-state index contributed by atoms with van der Waals surface area (Å²) in [7, 11) is 0. The van der Waals surface area contributed by atoms with Gasteiger partial charge in [0.25, 0.3) is 0 Å². The summed E-state index contributed by atoms with van der Waals surface area (Å²) in [6.45, 7) is 1.95. The minimum atomic E-state index is -4.29. The summed E-state index contributed by atoms with van der Waals surface area (Å²) >= 11 is -0.152. The molecule has 0 fully saturated rings. The maximum Gasteiger partial charge on any atom is 0.446 e. The van der Waals surface area contributed by atoms with E-state index in [1.54, 1.807) is 12.1 Å². The molecule has 2 rings (SSSR count). The minimum Gasteiger partial charge on any atom is -0.299 e. The van der Waals surface area contributed by atoms with Crippen LogP contribution in [0, 0.1) is 6.92 Å².